The number of nitrogens with zero attached hydrogens (tertiary/aromatic N) is 1. The molecule has 0 radical (unpaired) electrons. The molecule has 1 N–H and O–H groups in total. The molecule has 0 aromatic carbocycles. The number of nitrogens with one attached hydrogen (secondary N) is 1. The topological polar surface area (TPSA) is 15.3 Å². The van der Waals surface area contributed by atoms with Crippen molar-refractivity contribution in [2.75, 3.05) is 19.6 Å². The lowest BCUT2D eigenvalue weighted by atomic mass is 9.96. The van der Waals surface area contributed by atoms with Gasteiger partial charge in [-0.15, -0.1) is 0 Å². The van der Waals surface area contributed by atoms with Gasteiger partial charge in [0.05, 0.1) is 0 Å². The molecule has 1 saturated carbocycles. The van der Waals surface area contributed by atoms with Gasteiger partial charge in [0.25, 0.3) is 0 Å². The van der Waals surface area contributed by atoms with Gasteiger partial charge in [0.2, 0.25) is 0 Å². The minimum Gasteiger partial charge on any atom is -0.314 e. The molecule has 0 aromatic heterocycles. The zero-order valence-electron chi connectivity index (χ0n) is 11.1. The first-order valence-electron chi connectivity index (χ1n) is 7.23. The minimum atomic E-state index is 0.537. The van der Waals surface area contributed by atoms with Crippen LogP contribution in [0.4, 0.5) is 0 Å². The van der Waals surface area contributed by atoms with E-state index in [0.717, 1.165) is 6.04 Å². The summed E-state index contributed by atoms with van der Waals surface area (Å²) < 4.78 is 0. The Balaban J connectivity index is 1.92. The molecule has 2 rings (SSSR count). The van der Waals surface area contributed by atoms with Crippen molar-refractivity contribution in [2.24, 2.45) is 0 Å². The highest BCUT2D eigenvalue weighted by Crippen LogP contribution is 2.35. The lowest BCUT2D eigenvalue weighted by Gasteiger charge is -2.41. The van der Waals surface area contributed by atoms with E-state index in [-0.39, 0.29) is 0 Å². The van der Waals surface area contributed by atoms with E-state index >= 15 is 0 Å². The van der Waals surface area contributed by atoms with Crippen LogP contribution in [0.3, 0.4) is 0 Å². The summed E-state index contributed by atoms with van der Waals surface area (Å²) in [6.45, 7) is 8.63. The van der Waals surface area contributed by atoms with E-state index in [1.165, 1.54) is 64.6 Å². The summed E-state index contributed by atoms with van der Waals surface area (Å²) in [6, 6.07) is 0.757. The molecule has 1 saturated heterocycles. The van der Waals surface area contributed by atoms with Gasteiger partial charge < -0.3 is 5.32 Å². The van der Waals surface area contributed by atoms with Crippen molar-refractivity contribution in [3.05, 3.63) is 0 Å². The van der Waals surface area contributed by atoms with Crippen LogP contribution in [0.2, 0.25) is 0 Å². The van der Waals surface area contributed by atoms with Gasteiger partial charge in [0, 0.05) is 18.1 Å². The third-order valence-electron chi connectivity index (χ3n) is 4.72. The second kappa shape index (κ2) is 5.50. The molecule has 1 atom stereocenters. The Morgan fingerprint density at radius 1 is 1.19 bits per heavy atom. The van der Waals surface area contributed by atoms with Gasteiger partial charge in [-0.05, 0) is 52.1 Å². The first-order chi connectivity index (χ1) is 7.74. The Bertz CT molecular complexity index is 209. The summed E-state index contributed by atoms with van der Waals surface area (Å²) in [5.41, 5.74) is 0.537. The fourth-order valence-corrected chi connectivity index (χ4v) is 3.44. The van der Waals surface area contributed by atoms with E-state index in [4.69, 9.17) is 0 Å². The van der Waals surface area contributed by atoms with Gasteiger partial charge in [0.15, 0.2) is 0 Å². The summed E-state index contributed by atoms with van der Waals surface area (Å²) in [7, 11) is 0. The van der Waals surface area contributed by atoms with E-state index < -0.39 is 0 Å². The summed E-state index contributed by atoms with van der Waals surface area (Å²) in [5, 5.41) is 3.67. The first-order valence-corrected chi connectivity index (χ1v) is 7.23. The van der Waals surface area contributed by atoms with Gasteiger partial charge in [-0.1, -0.05) is 19.8 Å². The Kier molecular flexibility index (Phi) is 4.26. The third kappa shape index (κ3) is 2.78. The van der Waals surface area contributed by atoms with Crippen LogP contribution in [0, 0.1) is 0 Å². The third-order valence-corrected chi connectivity index (χ3v) is 4.72. The summed E-state index contributed by atoms with van der Waals surface area (Å²) in [4.78, 5) is 2.80. The predicted octanol–water partition coefficient (Wildman–Crippen LogP) is 2.78. The second-order valence-corrected chi connectivity index (χ2v) is 5.89. The van der Waals surface area contributed by atoms with Gasteiger partial charge in [-0.3, -0.25) is 4.90 Å². The molecular formula is C14H28N2. The SMILES string of the molecule is CCC1CCN(C2(C)CCCC2)CCCN1. The van der Waals surface area contributed by atoms with E-state index in [1.54, 1.807) is 0 Å². The fourth-order valence-electron chi connectivity index (χ4n) is 3.44. The standard InChI is InChI=1S/C14H28N2/c1-3-13-7-12-16(11-6-10-15-13)14(2)8-4-5-9-14/h13,15H,3-12H2,1-2H3. The van der Waals surface area contributed by atoms with Crippen molar-refractivity contribution in [3.63, 3.8) is 0 Å². The molecule has 1 aliphatic heterocycles. The molecule has 0 aromatic rings. The number of hydrogen-bond acceptors (Lipinski definition) is 2. The average Bonchev–Trinajstić information content (AvgIpc) is 2.66. The highest BCUT2D eigenvalue weighted by Gasteiger charge is 2.34. The predicted molar refractivity (Wildman–Crippen MR) is 69.8 cm³/mol. The number of rotatable bonds is 2. The molecular weight excluding hydrogens is 196 g/mol. The summed E-state index contributed by atoms with van der Waals surface area (Å²) in [5.74, 6) is 0. The molecule has 0 bridgehead atoms. The van der Waals surface area contributed by atoms with E-state index in [9.17, 15) is 0 Å². The van der Waals surface area contributed by atoms with Crippen LogP contribution in [0.1, 0.15) is 58.8 Å². The van der Waals surface area contributed by atoms with Crippen molar-refractivity contribution in [1.29, 1.82) is 0 Å². The highest BCUT2D eigenvalue weighted by molar-refractivity contribution is 4.92. The van der Waals surface area contributed by atoms with Gasteiger partial charge in [-0.25, -0.2) is 0 Å². The molecule has 16 heavy (non-hydrogen) atoms. The van der Waals surface area contributed by atoms with Crippen LogP contribution in [0.15, 0.2) is 0 Å². The molecule has 94 valence electrons. The normalized spacial score (nSPS) is 32.2. The fraction of sp³-hybridized carbons (Fsp3) is 1.00. The van der Waals surface area contributed by atoms with Crippen molar-refractivity contribution in [3.8, 4) is 0 Å². The Hall–Kier alpha value is -0.0800. The monoisotopic (exact) mass is 224 g/mol. The van der Waals surface area contributed by atoms with Gasteiger partial charge >= 0.3 is 0 Å². The molecule has 2 fully saturated rings. The molecule has 1 aliphatic carbocycles. The maximum Gasteiger partial charge on any atom is 0.0181 e. The average molecular weight is 224 g/mol. The molecule has 1 heterocycles. The van der Waals surface area contributed by atoms with Crippen LogP contribution in [-0.4, -0.2) is 36.1 Å². The molecule has 2 nitrogen and oxygen atoms in total. The van der Waals surface area contributed by atoms with Crippen LogP contribution >= 0.6 is 0 Å². The zero-order valence-corrected chi connectivity index (χ0v) is 11.1. The molecule has 2 aliphatic rings. The second-order valence-electron chi connectivity index (χ2n) is 5.89. The van der Waals surface area contributed by atoms with Crippen LogP contribution in [0.25, 0.3) is 0 Å². The van der Waals surface area contributed by atoms with Gasteiger partial charge in [0.1, 0.15) is 0 Å². The highest BCUT2D eigenvalue weighted by atomic mass is 15.2. The van der Waals surface area contributed by atoms with Crippen LogP contribution in [-0.2, 0) is 0 Å². The minimum absolute atomic E-state index is 0.537. The molecule has 2 heteroatoms. The van der Waals surface area contributed by atoms with Gasteiger partial charge in [-0.2, -0.15) is 0 Å². The van der Waals surface area contributed by atoms with E-state index in [0.29, 0.717) is 5.54 Å². The van der Waals surface area contributed by atoms with Crippen molar-refractivity contribution >= 4 is 0 Å². The molecule has 0 spiro atoms. The first kappa shape index (κ1) is 12.4. The van der Waals surface area contributed by atoms with E-state index in [2.05, 4.69) is 24.1 Å². The smallest absolute Gasteiger partial charge is 0.0181 e. The lowest BCUT2D eigenvalue weighted by Crippen LogP contribution is -2.49. The largest absolute Gasteiger partial charge is 0.314 e. The zero-order chi connectivity index (χ0) is 11.4. The van der Waals surface area contributed by atoms with E-state index in [1.807, 2.05) is 0 Å². The Labute approximate surface area is 101 Å². The maximum atomic E-state index is 3.67. The Morgan fingerprint density at radius 3 is 2.62 bits per heavy atom. The van der Waals surface area contributed by atoms with Crippen molar-refractivity contribution in [2.45, 2.75) is 70.4 Å². The van der Waals surface area contributed by atoms with Crippen molar-refractivity contribution < 1.29 is 0 Å². The number of hydrogen-bond donors (Lipinski definition) is 1. The van der Waals surface area contributed by atoms with Crippen LogP contribution in [0.5, 0.6) is 0 Å². The van der Waals surface area contributed by atoms with Crippen molar-refractivity contribution in [1.82, 2.24) is 10.2 Å². The molecule has 1 unspecified atom stereocenters. The molecule has 0 amide bonds. The Morgan fingerprint density at radius 2 is 1.94 bits per heavy atom. The summed E-state index contributed by atoms with van der Waals surface area (Å²) >= 11 is 0. The summed E-state index contributed by atoms with van der Waals surface area (Å²) in [6.07, 6.45) is 9.70. The quantitative estimate of drug-likeness (QED) is 0.776. The lowest BCUT2D eigenvalue weighted by molar-refractivity contribution is 0.0935. The maximum absolute atomic E-state index is 3.67. The van der Waals surface area contributed by atoms with Crippen LogP contribution < -0.4 is 5.32 Å².